The standard InChI is InChI=1S/C12H12ClNO2/c1-3-16-11(15)6-9-4-8(2)12(13)10(5-9)7-14/h4-5H,3,6H2,1-2H3. The number of hydrogen-bond acceptors (Lipinski definition) is 3. The normalized spacial score (nSPS) is 9.62. The predicted octanol–water partition coefficient (Wildman–Crippen LogP) is 2.63. The maximum Gasteiger partial charge on any atom is 0.310 e. The average molecular weight is 238 g/mol. The SMILES string of the molecule is CCOC(=O)Cc1cc(C)c(Cl)c(C#N)c1. The molecule has 0 aliphatic heterocycles. The van der Waals surface area contributed by atoms with Gasteiger partial charge in [-0.3, -0.25) is 4.79 Å². The van der Waals surface area contributed by atoms with Crippen molar-refractivity contribution in [1.29, 1.82) is 5.26 Å². The zero-order valence-corrected chi connectivity index (χ0v) is 9.97. The summed E-state index contributed by atoms with van der Waals surface area (Å²) in [7, 11) is 0. The first-order chi connectivity index (χ1) is 7.58. The Morgan fingerprint density at radius 2 is 2.25 bits per heavy atom. The average Bonchev–Trinajstić information content (AvgIpc) is 2.23. The van der Waals surface area contributed by atoms with Crippen LogP contribution in [0.1, 0.15) is 23.6 Å². The van der Waals surface area contributed by atoms with Gasteiger partial charge >= 0.3 is 5.97 Å². The summed E-state index contributed by atoms with van der Waals surface area (Å²) in [5.74, 6) is -0.298. The van der Waals surface area contributed by atoms with E-state index in [4.69, 9.17) is 21.6 Å². The molecule has 0 radical (unpaired) electrons. The third kappa shape index (κ3) is 2.98. The van der Waals surface area contributed by atoms with Gasteiger partial charge in [0, 0.05) is 0 Å². The number of nitriles is 1. The molecule has 84 valence electrons. The van der Waals surface area contributed by atoms with E-state index >= 15 is 0 Å². The smallest absolute Gasteiger partial charge is 0.310 e. The maximum atomic E-state index is 11.3. The number of carbonyl (C=O) groups is 1. The van der Waals surface area contributed by atoms with Gasteiger partial charge in [-0.25, -0.2) is 0 Å². The number of nitrogens with zero attached hydrogens (tertiary/aromatic N) is 1. The predicted molar refractivity (Wildman–Crippen MR) is 61.2 cm³/mol. The fraction of sp³-hybridized carbons (Fsp3) is 0.333. The van der Waals surface area contributed by atoms with Crippen molar-refractivity contribution in [1.82, 2.24) is 0 Å². The second-order valence-corrected chi connectivity index (χ2v) is 3.75. The second kappa shape index (κ2) is 5.53. The molecule has 0 heterocycles. The van der Waals surface area contributed by atoms with Crippen molar-refractivity contribution in [2.24, 2.45) is 0 Å². The lowest BCUT2D eigenvalue weighted by molar-refractivity contribution is -0.142. The lowest BCUT2D eigenvalue weighted by Gasteiger charge is -2.06. The number of hydrogen-bond donors (Lipinski definition) is 0. The minimum absolute atomic E-state index is 0.167. The van der Waals surface area contributed by atoms with E-state index in [1.807, 2.05) is 6.07 Å². The number of aryl methyl sites for hydroxylation is 1. The molecular weight excluding hydrogens is 226 g/mol. The monoisotopic (exact) mass is 237 g/mol. The van der Waals surface area contributed by atoms with Crippen molar-refractivity contribution in [2.75, 3.05) is 6.61 Å². The van der Waals surface area contributed by atoms with Gasteiger partial charge in [0.1, 0.15) is 6.07 Å². The van der Waals surface area contributed by atoms with Crippen LogP contribution in [0.15, 0.2) is 12.1 Å². The van der Waals surface area contributed by atoms with Crippen LogP contribution in [0.4, 0.5) is 0 Å². The number of carbonyl (C=O) groups excluding carboxylic acids is 1. The summed E-state index contributed by atoms with van der Waals surface area (Å²) in [6.07, 6.45) is 0.167. The molecule has 4 heteroatoms. The van der Waals surface area contributed by atoms with Crippen molar-refractivity contribution in [2.45, 2.75) is 20.3 Å². The van der Waals surface area contributed by atoms with Gasteiger partial charge in [-0.05, 0) is 31.0 Å². The summed E-state index contributed by atoms with van der Waals surface area (Å²) >= 11 is 5.92. The number of halogens is 1. The van der Waals surface area contributed by atoms with Crippen LogP contribution in [0.2, 0.25) is 5.02 Å². The van der Waals surface area contributed by atoms with Gasteiger partial charge in [0.25, 0.3) is 0 Å². The molecule has 1 rings (SSSR count). The molecule has 0 saturated heterocycles. The summed E-state index contributed by atoms with van der Waals surface area (Å²) in [6, 6.07) is 5.41. The summed E-state index contributed by atoms with van der Waals surface area (Å²) in [4.78, 5) is 11.3. The summed E-state index contributed by atoms with van der Waals surface area (Å²) in [5.41, 5.74) is 1.93. The Morgan fingerprint density at radius 1 is 1.56 bits per heavy atom. The van der Waals surface area contributed by atoms with Crippen LogP contribution in [0.25, 0.3) is 0 Å². The lowest BCUT2D eigenvalue weighted by Crippen LogP contribution is -2.07. The molecule has 0 aliphatic rings. The molecule has 0 unspecified atom stereocenters. The van der Waals surface area contributed by atoms with E-state index in [0.29, 0.717) is 17.2 Å². The maximum absolute atomic E-state index is 11.3. The minimum atomic E-state index is -0.298. The van der Waals surface area contributed by atoms with Crippen molar-refractivity contribution in [3.8, 4) is 6.07 Å². The summed E-state index contributed by atoms with van der Waals surface area (Å²) in [6.45, 7) is 3.92. The Labute approximate surface area is 99.6 Å². The third-order valence-electron chi connectivity index (χ3n) is 2.09. The highest BCUT2D eigenvalue weighted by atomic mass is 35.5. The highest BCUT2D eigenvalue weighted by Crippen LogP contribution is 2.22. The van der Waals surface area contributed by atoms with Crippen molar-refractivity contribution in [3.63, 3.8) is 0 Å². The van der Waals surface area contributed by atoms with E-state index in [1.54, 1.807) is 26.0 Å². The summed E-state index contributed by atoms with van der Waals surface area (Å²) in [5, 5.41) is 9.29. The van der Waals surface area contributed by atoms with Crippen molar-refractivity contribution >= 4 is 17.6 Å². The van der Waals surface area contributed by atoms with Crippen LogP contribution in [0, 0.1) is 18.3 Å². The highest BCUT2D eigenvalue weighted by Gasteiger charge is 2.09. The van der Waals surface area contributed by atoms with Crippen molar-refractivity contribution in [3.05, 3.63) is 33.8 Å². The quantitative estimate of drug-likeness (QED) is 0.760. The molecule has 3 nitrogen and oxygen atoms in total. The molecule has 0 fully saturated rings. The molecular formula is C12H12ClNO2. The van der Waals surface area contributed by atoms with Crippen LogP contribution < -0.4 is 0 Å². The molecule has 1 aromatic rings. The van der Waals surface area contributed by atoms with Crippen molar-refractivity contribution < 1.29 is 9.53 Å². The van der Waals surface area contributed by atoms with Gasteiger partial charge in [0.2, 0.25) is 0 Å². The molecule has 0 aliphatic carbocycles. The van der Waals surface area contributed by atoms with E-state index in [-0.39, 0.29) is 12.4 Å². The fourth-order valence-electron chi connectivity index (χ4n) is 1.41. The summed E-state index contributed by atoms with van der Waals surface area (Å²) < 4.78 is 4.83. The Bertz CT molecular complexity index is 449. The molecule has 1 aromatic carbocycles. The first-order valence-corrected chi connectivity index (χ1v) is 5.31. The van der Waals surface area contributed by atoms with E-state index in [1.165, 1.54) is 0 Å². The van der Waals surface area contributed by atoms with Gasteiger partial charge in [0.05, 0.1) is 23.6 Å². The first-order valence-electron chi connectivity index (χ1n) is 4.93. The minimum Gasteiger partial charge on any atom is -0.466 e. The van der Waals surface area contributed by atoms with E-state index in [0.717, 1.165) is 11.1 Å². The molecule has 0 N–H and O–H groups in total. The van der Waals surface area contributed by atoms with Gasteiger partial charge in [-0.2, -0.15) is 5.26 Å². The third-order valence-corrected chi connectivity index (χ3v) is 2.59. The molecule has 0 aromatic heterocycles. The molecule has 0 amide bonds. The van der Waals surface area contributed by atoms with Gasteiger partial charge in [-0.1, -0.05) is 17.7 Å². The van der Waals surface area contributed by atoms with E-state index in [2.05, 4.69) is 0 Å². The van der Waals surface area contributed by atoms with E-state index < -0.39 is 0 Å². The second-order valence-electron chi connectivity index (χ2n) is 3.37. The molecule has 16 heavy (non-hydrogen) atoms. The van der Waals surface area contributed by atoms with Crippen LogP contribution in [-0.4, -0.2) is 12.6 Å². The number of esters is 1. The highest BCUT2D eigenvalue weighted by molar-refractivity contribution is 6.32. The lowest BCUT2D eigenvalue weighted by atomic mass is 10.0. The molecule has 0 bridgehead atoms. The van der Waals surface area contributed by atoms with E-state index in [9.17, 15) is 4.79 Å². The van der Waals surface area contributed by atoms with Crippen LogP contribution >= 0.6 is 11.6 Å². The zero-order valence-electron chi connectivity index (χ0n) is 9.21. The Hall–Kier alpha value is -1.53. The van der Waals surface area contributed by atoms with Crippen LogP contribution in [0.3, 0.4) is 0 Å². The van der Waals surface area contributed by atoms with Gasteiger partial charge < -0.3 is 4.74 Å². The molecule has 0 saturated carbocycles. The van der Waals surface area contributed by atoms with Crippen LogP contribution in [0.5, 0.6) is 0 Å². The first kappa shape index (κ1) is 12.5. The van der Waals surface area contributed by atoms with Gasteiger partial charge in [0.15, 0.2) is 0 Å². The fourth-order valence-corrected chi connectivity index (χ4v) is 1.56. The molecule has 0 atom stereocenters. The topological polar surface area (TPSA) is 50.1 Å². The molecule has 0 spiro atoms. The Kier molecular flexibility index (Phi) is 4.33. The Morgan fingerprint density at radius 3 is 2.81 bits per heavy atom. The number of ether oxygens (including phenoxy) is 1. The Balaban J connectivity index is 2.95. The zero-order chi connectivity index (χ0) is 12.1. The number of benzene rings is 1. The van der Waals surface area contributed by atoms with Gasteiger partial charge in [-0.15, -0.1) is 0 Å². The number of rotatable bonds is 3. The van der Waals surface area contributed by atoms with Crippen LogP contribution in [-0.2, 0) is 16.0 Å². The largest absolute Gasteiger partial charge is 0.466 e.